The molecule has 2 atom stereocenters. The molecule has 1 aliphatic carbocycles. The fourth-order valence-electron chi connectivity index (χ4n) is 3.55. The van der Waals surface area contributed by atoms with E-state index >= 15 is 0 Å². The third kappa shape index (κ3) is 5.81. The first-order chi connectivity index (χ1) is 13.9. The minimum Gasteiger partial charge on any atom is -0.481 e. The molecule has 2 aromatic rings. The van der Waals surface area contributed by atoms with E-state index in [1.807, 2.05) is 37.3 Å². The highest BCUT2D eigenvalue weighted by molar-refractivity contribution is 5.99. The van der Waals surface area contributed by atoms with Gasteiger partial charge in [-0.3, -0.25) is 9.59 Å². The second-order valence-corrected chi connectivity index (χ2v) is 7.41. The van der Waals surface area contributed by atoms with Gasteiger partial charge in [-0.05, 0) is 61.6 Å². The minimum absolute atomic E-state index is 0.121. The van der Waals surface area contributed by atoms with Gasteiger partial charge in [0.05, 0.1) is 5.92 Å². The molecule has 0 radical (unpaired) electrons. The van der Waals surface area contributed by atoms with Crippen LogP contribution in [0.3, 0.4) is 0 Å². The zero-order valence-corrected chi connectivity index (χ0v) is 16.3. The highest BCUT2D eigenvalue weighted by Gasteiger charge is 2.33. The summed E-state index contributed by atoms with van der Waals surface area (Å²) in [5, 5.41) is 17.5. The number of carbonyl (C=O) groups excluding carboxylic acids is 2. The molecule has 0 spiro atoms. The number of anilines is 2. The third-order valence-corrected chi connectivity index (χ3v) is 5.08. The molecule has 2 aromatic carbocycles. The molecule has 1 saturated carbocycles. The van der Waals surface area contributed by atoms with Crippen molar-refractivity contribution in [2.24, 2.45) is 11.8 Å². The lowest BCUT2D eigenvalue weighted by molar-refractivity contribution is -0.141. The van der Waals surface area contributed by atoms with Crippen LogP contribution < -0.4 is 16.0 Å². The van der Waals surface area contributed by atoms with Crippen molar-refractivity contribution in [2.45, 2.75) is 32.7 Å². The van der Waals surface area contributed by atoms with Crippen LogP contribution in [-0.4, -0.2) is 23.0 Å². The molecule has 0 saturated heterocycles. The van der Waals surface area contributed by atoms with Gasteiger partial charge in [0.2, 0.25) is 5.91 Å². The minimum atomic E-state index is -0.831. The predicted octanol–water partition coefficient (Wildman–Crippen LogP) is 3.76. The van der Waals surface area contributed by atoms with E-state index in [9.17, 15) is 14.4 Å². The summed E-state index contributed by atoms with van der Waals surface area (Å²) < 4.78 is 0. The maximum atomic E-state index is 12.3. The Balaban J connectivity index is 1.51. The number of aryl methyl sites for hydroxylation is 1. The molecule has 3 amide bonds. The van der Waals surface area contributed by atoms with Gasteiger partial charge in [-0.25, -0.2) is 4.79 Å². The lowest BCUT2D eigenvalue weighted by Gasteiger charge is -2.12. The van der Waals surface area contributed by atoms with E-state index < -0.39 is 11.9 Å². The predicted molar refractivity (Wildman–Crippen MR) is 111 cm³/mol. The molecule has 0 aromatic heterocycles. The average molecular weight is 395 g/mol. The summed E-state index contributed by atoms with van der Waals surface area (Å²) in [4.78, 5) is 35.5. The Morgan fingerprint density at radius 1 is 0.966 bits per heavy atom. The zero-order valence-electron chi connectivity index (χ0n) is 16.3. The average Bonchev–Trinajstić information content (AvgIpc) is 3.17. The van der Waals surface area contributed by atoms with Crippen molar-refractivity contribution >= 4 is 29.3 Å². The summed E-state index contributed by atoms with van der Waals surface area (Å²) in [5.74, 6) is -1.63. The quantitative estimate of drug-likeness (QED) is 0.597. The first kappa shape index (κ1) is 20.4. The number of carboxylic acids is 1. The Morgan fingerprint density at radius 3 is 2.28 bits per heavy atom. The monoisotopic (exact) mass is 395 g/mol. The first-order valence-electron chi connectivity index (χ1n) is 9.65. The smallest absolute Gasteiger partial charge is 0.323 e. The maximum absolute atomic E-state index is 12.3. The Morgan fingerprint density at radius 2 is 1.62 bits per heavy atom. The van der Waals surface area contributed by atoms with Crippen molar-refractivity contribution in [3.05, 3.63) is 59.7 Å². The van der Waals surface area contributed by atoms with Gasteiger partial charge in [-0.1, -0.05) is 24.3 Å². The number of benzene rings is 2. The number of nitrogens with one attached hydrogen (secondary N) is 3. The van der Waals surface area contributed by atoms with Gasteiger partial charge in [-0.2, -0.15) is 0 Å². The van der Waals surface area contributed by atoms with Crippen molar-refractivity contribution in [1.29, 1.82) is 0 Å². The van der Waals surface area contributed by atoms with E-state index in [0.717, 1.165) is 11.1 Å². The number of rotatable bonds is 6. The number of aliphatic carboxylic acids is 1. The molecule has 0 unspecified atom stereocenters. The van der Waals surface area contributed by atoms with Crippen LogP contribution in [0.2, 0.25) is 0 Å². The van der Waals surface area contributed by atoms with Crippen molar-refractivity contribution in [1.82, 2.24) is 5.32 Å². The molecule has 7 nitrogen and oxygen atoms in total. The summed E-state index contributed by atoms with van der Waals surface area (Å²) in [6.45, 7) is 2.27. The molecular formula is C22H25N3O4. The highest BCUT2D eigenvalue weighted by atomic mass is 16.4. The lowest BCUT2D eigenvalue weighted by atomic mass is 10.0. The molecular weight excluding hydrogens is 370 g/mol. The number of carboxylic acid groups (broad SMARTS) is 1. The second kappa shape index (κ2) is 9.23. The largest absolute Gasteiger partial charge is 0.481 e. The first-order valence-corrected chi connectivity index (χ1v) is 9.65. The molecule has 1 fully saturated rings. The Labute approximate surface area is 169 Å². The van der Waals surface area contributed by atoms with E-state index in [1.165, 1.54) is 0 Å². The molecule has 7 heteroatoms. The molecule has 0 bridgehead atoms. The van der Waals surface area contributed by atoms with Gasteiger partial charge in [0, 0.05) is 23.8 Å². The van der Waals surface area contributed by atoms with E-state index in [2.05, 4.69) is 16.0 Å². The van der Waals surface area contributed by atoms with Crippen molar-refractivity contribution in [2.75, 3.05) is 10.6 Å². The van der Waals surface area contributed by atoms with Crippen LogP contribution in [0.4, 0.5) is 16.2 Å². The standard InChI is InChI=1S/C22H25N3O4/c1-14-4-2-6-18(10-14)24-22(29)25-19-7-3-5-15(11-19)13-23-20(26)16-8-9-17(12-16)21(27)28/h2-7,10-11,16-17H,8-9,12-13H2,1H3,(H,23,26)(H,27,28)(H2,24,25,29)/t16-,17+/m1/s1. The van der Waals surface area contributed by atoms with Crippen LogP contribution in [0, 0.1) is 18.8 Å². The van der Waals surface area contributed by atoms with E-state index in [0.29, 0.717) is 37.2 Å². The number of amides is 3. The molecule has 1 aliphatic rings. The van der Waals surface area contributed by atoms with Gasteiger partial charge in [0.15, 0.2) is 0 Å². The molecule has 29 heavy (non-hydrogen) atoms. The molecule has 0 aliphatic heterocycles. The van der Waals surface area contributed by atoms with Crippen molar-refractivity contribution in [3.63, 3.8) is 0 Å². The number of hydrogen-bond donors (Lipinski definition) is 4. The van der Waals surface area contributed by atoms with Crippen LogP contribution in [0.5, 0.6) is 0 Å². The fraction of sp³-hybridized carbons (Fsp3) is 0.318. The normalized spacial score (nSPS) is 18.1. The SMILES string of the molecule is Cc1cccc(NC(=O)Nc2cccc(CNC(=O)[C@@H]3CC[C@H](C(=O)O)C3)c2)c1. The van der Waals surface area contributed by atoms with E-state index in [-0.39, 0.29) is 17.9 Å². The van der Waals surface area contributed by atoms with Crippen molar-refractivity contribution < 1.29 is 19.5 Å². The Hall–Kier alpha value is -3.35. The molecule has 4 N–H and O–H groups in total. The molecule has 0 heterocycles. The van der Waals surface area contributed by atoms with Gasteiger partial charge in [0.1, 0.15) is 0 Å². The second-order valence-electron chi connectivity index (χ2n) is 7.41. The molecule has 152 valence electrons. The summed E-state index contributed by atoms with van der Waals surface area (Å²) in [7, 11) is 0. The Bertz CT molecular complexity index is 912. The summed E-state index contributed by atoms with van der Waals surface area (Å²) in [6.07, 6.45) is 1.54. The third-order valence-electron chi connectivity index (χ3n) is 5.08. The van der Waals surface area contributed by atoms with Gasteiger partial charge < -0.3 is 21.1 Å². The van der Waals surface area contributed by atoms with E-state index in [1.54, 1.807) is 18.2 Å². The molecule has 3 rings (SSSR count). The zero-order chi connectivity index (χ0) is 20.8. The summed E-state index contributed by atoms with van der Waals surface area (Å²) in [5.41, 5.74) is 3.23. The van der Waals surface area contributed by atoms with E-state index in [4.69, 9.17) is 5.11 Å². The van der Waals surface area contributed by atoms with Crippen LogP contribution in [0.1, 0.15) is 30.4 Å². The van der Waals surface area contributed by atoms with Crippen LogP contribution in [0.25, 0.3) is 0 Å². The highest BCUT2D eigenvalue weighted by Crippen LogP contribution is 2.31. The summed E-state index contributed by atoms with van der Waals surface area (Å²) >= 11 is 0. The number of hydrogen-bond acceptors (Lipinski definition) is 3. The van der Waals surface area contributed by atoms with Gasteiger partial charge in [0.25, 0.3) is 0 Å². The summed E-state index contributed by atoms with van der Waals surface area (Å²) in [6, 6.07) is 14.4. The van der Waals surface area contributed by atoms with Crippen LogP contribution in [-0.2, 0) is 16.1 Å². The van der Waals surface area contributed by atoms with Gasteiger partial charge >= 0.3 is 12.0 Å². The van der Waals surface area contributed by atoms with Crippen LogP contribution in [0.15, 0.2) is 48.5 Å². The number of urea groups is 1. The fourth-order valence-corrected chi connectivity index (χ4v) is 3.55. The topological polar surface area (TPSA) is 108 Å². The maximum Gasteiger partial charge on any atom is 0.323 e. The number of carbonyl (C=O) groups is 3. The van der Waals surface area contributed by atoms with Gasteiger partial charge in [-0.15, -0.1) is 0 Å². The van der Waals surface area contributed by atoms with Crippen molar-refractivity contribution in [3.8, 4) is 0 Å². The van der Waals surface area contributed by atoms with Crippen LogP contribution >= 0.6 is 0 Å². The Kier molecular flexibility index (Phi) is 6.49. The lowest BCUT2D eigenvalue weighted by Crippen LogP contribution is -2.29.